The molecule has 1 amide bonds. The van der Waals surface area contributed by atoms with Crippen LogP contribution in [0.1, 0.15) is 85.8 Å². The van der Waals surface area contributed by atoms with Gasteiger partial charge in [-0.05, 0) is 56.4 Å². The van der Waals surface area contributed by atoms with Crippen LogP contribution in [0, 0.1) is 17.5 Å². The monoisotopic (exact) mass is 655 g/mol. The average Bonchev–Trinajstić information content (AvgIpc) is 3.92. The Labute approximate surface area is 268 Å². The van der Waals surface area contributed by atoms with Crippen molar-refractivity contribution in [3.05, 3.63) is 80.1 Å². The molecule has 2 N–H and O–H groups in total. The van der Waals surface area contributed by atoms with Gasteiger partial charge in [0.1, 0.15) is 29.4 Å². The van der Waals surface area contributed by atoms with E-state index in [0.717, 1.165) is 18.9 Å². The van der Waals surface area contributed by atoms with Crippen molar-refractivity contribution in [1.82, 2.24) is 15.6 Å². The summed E-state index contributed by atoms with van der Waals surface area (Å²) in [6.45, 7) is 6.11. The highest BCUT2D eigenvalue weighted by Gasteiger charge is 2.47. The lowest BCUT2D eigenvalue weighted by atomic mass is 9.90. The first kappa shape index (κ1) is 32.0. The van der Waals surface area contributed by atoms with Gasteiger partial charge in [0.2, 0.25) is 0 Å². The second kappa shape index (κ2) is 12.4. The molecule has 2 aromatic carbocycles. The molecule has 0 spiro atoms. The number of nitrogens with zero attached hydrogens (tertiary/aromatic N) is 1. The molecule has 1 atom stereocenters. The lowest BCUT2D eigenvalue weighted by Crippen LogP contribution is -2.34. The zero-order chi connectivity index (χ0) is 32.8. The molecule has 46 heavy (non-hydrogen) atoms. The first-order chi connectivity index (χ1) is 22.0. The molecule has 0 bridgehead atoms. The Bertz CT molecular complexity index is 1820. The topological polar surface area (TPSA) is 80.3 Å². The summed E-state index contributed by atoms with van der Waals surface area (Å²) < 4.78 is 65.2. The van der Waals surface area contributed by atoms with Gasteiger partial charge >= 0.3 is 0 Å². The first-order valence-corrected chi connectivity index (χ1v) is 15.9. The summed E-state index contributed by atoms with van der Waals surface area (Å²) in [4.78, 5) is 30.1. The van der Waals surface area contributed by atoms with Crippen molar-refractivity contribution in [2.24, 2.45) is 0 Å². The van der Waals surface area contributed by atoms with Crippen molar-refractivity contribution in [2.75, 3.05) is 6.54 Å². The molecule has 0 aliphatic heterocycles. The van der Waals surface area contributed by atoms with E-state index in [1.54, 1.807) is 12.1 Å². The number of amides is 1. The van der Waals surface area contributed by atoms with Gasteiger partial charge in [-0.2, -0.15) is 0 Å². The third-order valence-corrected chi connectivity index (χ3v) is 9.15. The SMILES string of the molecule is C=c1c(OC2CC2)cc(C(=O)NCC(CCC)c2cc(C3(C=O)CC3)c(F)c(-c3cc(Cl)c(F)cc3F)n2)c/c1=C/NC1(F)CC1. The van der Waals surface area contributed by atoms with E-state index >= 15 is 4.39 Å². The zero-order valence-corrected chi connectivity index (χ0v) is 26.1. The minimum atomic E-state index is -1.46. The molecule has 1 aromatic heterocycles. The number of carbonyl (C=O) groups is 2. The largest absolute Gasteiger partial charge is 0.490 e. The number of carbonyl (C=O) groups excluding carboxylic acids is 2. The number of alkyl halides is 1. The Balaban J connectivity index is 1.33. The Morgan fingerprint density at radius 3 is 2.50 bits per heavy atom. The van der Waals surface area contributed by atoms with Gasteiger partial charge < -0.3 is 20.2 Å². The second-order valence-corrected chi connectivity index (χ2v) is 13.0. The van der Waals surface area contributed by atoms with Crippen LogP contribution in [0.4, 0.5) is 17.6 Å². The molecule has 3 aromatic rings. The number of benzene rings is 2. The highest BCUT2D eigenvalue weighted by atomic mass is 35.5. The van der Waals surface area contributed by atoms with Crippen LogP contribution in [-0.4, -0.2) is 35.6 Å². The zero-order valence-electron chi connectivity index (χ0n) is 25.3. The fourth-order valence-electron chi connectivity index (χ4n) is 5.47. The number of rotatable bonds is 13. The van der Waals surface area contributed by atoms with Gasteiger partial charge in [-0.25, -0.2) is 22.5 Å². The quantitative estimate of drug-likeness (QED) is 0.101. The van der Waals surface area contributed by atoms with E-state index in [1.165, 1.54) is 12.3 Å². The molecular formula is C35H34ClF4N3O3. The van der Waals surface area contributed by atoms with Crippen LogP contribution in [-0.2, 0) is 10.2 Å². The van der Waals surface area contributed by atoms with Gasteiger partial charge in [-0.15, -0.1) is 0 Å². The molecule has 6 nitrogen and oxygen atoms in total. The van der Waals surface area contributed by atoms with E-state index < -0.39 is 45.5 Å². The van der Waals surface area contributed by atoms with Crippen molar-refractivity contribution in [2.45, 2.75) is 81.5 Å². The Morgan fingerprint density at radius 1 is 1.13 bits per heavy atom. The van der Waals surface area contributed by atoms with Gasteiger partial charge in [-0.3, -0.25) is 4.79 Å². The summed E-state index contributed by atoms with van der Waals surface area (Å²) in [6.07, 6.45) is 6.87. The molecule has 3 saturated carbocycles. The molecule has 11 heteroatoms. The van der Waals surface area contributed by atoms with E-state index in [1.807, 2.05) is 6.92 Å². The number of hydrogen-bond acceptors (Lipinski definition) is 5. The molecule has 242 valence electrons. The number of aldehydes is 1. The molecule has 3 aliphatic carbocycles. The third-order valence-electron chi connectivity index (χ3n) is 8.86. The predicted octanol–water partition coefficient (Wildman–Crippen LogP) is 6.10. The van der Waals surface area contributed by atoms with Crippen molar-refractivity contribution in [3.63, 3.8) is 0 Å². The van der Waals surface area contributed by atoms with Crippen LogP contribution in [0.25, 0.3) is 24.0 Å². The maximum atomic E-state index is 16.0. The number of aromatic nitrogens is 1. The number of hydrogen-bond donors (Lipinski definition) is 2. The number of halogens is 5. The molecule has 1 heterocycles. The summed E-state index contributed by atoms with van der Waals surface area (Å²) in [5.74, 6) is -4.81. The normalized spacial score (nSPS) is 18.5. The maximum Gasteiger partial charge on any atom is 0.251 e. The molecule has 3 aliphatic rings. The minimum absolute atomic E-state index is 0.0411. The predicted molar refractivity (Wildman–Crippen MR) is 167 cm³/mol. The van der Waals surface area contributed by atoms with Crippen molar-refractivity contribution in [3.8, 4) is 17.0 Å². The molecule has 0 radical (unpaired) electrons. The van der Waals surface area contributed by atoms with Crippen LogP contribution in [0.3, 0.4) is 0 Å². The number of pyridine rings is 1. The molecule has 3 fully saturated rings. The minimum Gasteiger partial charge on any atom is -0.490 e. The van der Waals surface area contributed by atoms with Crippen LogP contribution in [0.15, 0.2) is 30.3 Å². The molecule has 1 unspecified atom stereocenters. The van der Waals surface area contributed by atoms with E-state index in [0.29, 0.717) is 72.8 Å². The first-order valence-electron chi connectivity index (χ1n) is 15.5. The summed E-state index contributed by atoms with van der Waals surface area (Å²) in [6, 6.07) is 6.28. The van der Waals surface area contributed by atoms with E-state index in [4.69, 9.17) is 16.3 Å². The average molecular weight is 656 g/mol. The van der Waals surface area contributed by atoms with Gasteiger partial charge in [0.05, 0.1) is 16.5 Å². The summed E-state index contributed by atoms with van der Waals surface area (Å²) in [7, 11) is 0. The molecule has 0 saturated heterocycles. The summed E-state index contributed by atoms with van der Waals surface area (Å²) >= 11 is 5.93. The standard InChI is InChI=1S/C35H34ClF4N3O3/c1-3-4-20(16-41-33(45)21-11-22(17-42-35(40)9-10-35)19(2)30(12-21)46-23-5-6-23)29-14-25(34(18-44)7-8-34)31(39)32(43-29)24-13-26(36)28(38)15-27(24)37/h11-15,17-18,20,23,42H,2-10,16H2,1H3,(H,41,45)/b22-17-. The van der Waals surface area contributed by atoms with E-state index in [2.05, 4.69) is 22.2 Å². The number of ether oxygens (including phenoxy) is 1. The summed E-state index contributed by atoms with van der Waals surface area (Å²) in [5, 5.41) is 6.35. The van der Waals surface area contributed by atoms with Crippen LogP contribution in [0.5, 0.6) is 5.75 Å². The highest BCUT2D eigenvalue weighted by Crippen LogP contribution is 2.49. The number of nitrogens with one attached hydrogen (secondary N) is 2. The van der Waals surface area contributed by atoms with Gasteiger partial charge in [0.15, 0.2) is 11.6 Å². The van der Waals surface area contributed by atoms with Gasteiger partial charge in [-0.1, -0.05) is 31.5 Å². The van der Waals surface area contributed by atoms with Crippen molar-refractivity contribution < 1.29 is 31.9 Å². The Hall–Kier alpha value is -3.92. The van der Waals surface area contributed by atoms with Crippen molar-refractivity contribution in [1.29, 1.82) is 0 Å². The third kappa shape index (κ3) is 6.63. The van der Waals surface area contributed by atoms with Crippen LogP contribution < -0.4 is 25.8 Å². The fourth-order valence-corrected chi connectivity index (χ4v) is 5.63. The second-order valence-electron chi connectivity index (χ2n) is 12.6. The molecule has 6 rings (SSSR count). The lowest BCUT2D eigenvalue weighted by molar-refractivity contribution is -0.109. The summed E-state index contributed by atoms with van der Waals surface area (Å²) in [5.41, 5.74) is -1.06. The smallest absolute Gasteiger partial charge is 0.251 e. The van der Waals surface area contributed by atoms with Crippen LogP contribution >= 0.6 is 11.6 Å². The van der Waals surface area contributed by atoms with E-state index in [-0.39, 0.29) is 35.0 Å². The van der Waals surface area contributed by atoms with E-state index in [9.17, 15) is 22.8 Å². The highest BCUT2D eigenvalue weighted by molar-refractivity contribution is 6.31. The fraction of sp³-hybridized carbons (Fsp3) is 0.400. The van der Waals surface area contributed by atoms with Gasteiger partial charge in [0.25, 0.3) is 5.91 Å². The molecular weight excluding hydrogens is 622 g/mol. The van der Waals surface area contributed by atoms with Gasteiger partial charge in [0, 0.05) is 70.4 Å². The van der Waals surface area contributed by atoms with Crippen molar-refractivity contribution >= 4 is 36.6 Å². The Morgan fingerprint density at radius 2 is 1.87 bits per heavy atom. The lowest BCUT2D eigenvalue weighted by Gasteiger charge is -2.21. The Kier molecular flexibility index (Phi) is 8.61. The van der Waals surface area contributed by atoms with Crippen LogP contribution in [0.2, 0.25) is 5.02 Å². The maximum absolute atomic E-state index is 16.0.